The van der Waals surface area contributed by atoms with Crippen LogP contribution < -0.4 is 5.32 Å². The zero-order valence-electron chi connectivity index (χ0n) is 14.9. The highest BCUT2D eigenvalue weighted by molar-refractivity contribution is 5.96. The fraction of sp³-hybridized carbons (Fsp3) is 0.136. The minimum atomic E-state index is -0.882. The van der Waals surface area contributed by atoms with Crippen molar-refractivity contribution >= 4 is 11.9 Å². The Balaban J connectivity index is 2.01. The van der Waals surface area contributed by atoms with Crippen LogP contribution in [0.2, 0.25) is 0 Å². The first kappa shape index (κ1) is 18.3. The molecule has 1 atom stereocenters. The number of aromatic nitrogens is 1. The number of pyridine rings is 1. The molecule has 0 radical (unpaired) electrons. The Kier molecular flexibility index (Phi) is 5.94. The summed E-state index contributed by atoms with van der Waals surface area (Å²) in [6.07, 6.45) is 3.05. The quantitative estimate of drug-likeness (QED) is 0.686. The highest BCUT2D eigenvalue weighted by atomic mass is 16.5. The second-order valence-electron chi connectivity index (χ2n) is 6.02. The molecule has 1 amide bonds. The summed E-state index contributed by atoms with van der Waals surface area (Å²) >= 11 is 0. The predicted molar refractivity (Wildman–Crippen MR) is 102 cm³/mol. The van der Waals surface area contributed by atoms with Crippen LogP contribution in [-0.2, 0) is 9.53 Å². The first-order valence-corrected chi connectivity index (χ1v) is 8.59. The maximum absolute atomic E-state index is 12.7. The number of nitrogens with zero attached hydrogens (tertiary/aromatic N) is 1. The van der Waals surface area contributed by atoms with Gasteiger partial charge in [-0.25, -0.2) is 4.79 Å². The van der Waals surface area contributed by atoms with E-state index in [1.165, 1.54) is 13.3 Å². The molecule has 0 saturated heterocycles. The van der Waals surface area contributed by atoms with Crippen molar-refractivity contribution in [2.24, 2.45) is 0 Å². The Morgan fingerprint density at radius 3 is 1.96 bits per heavy atom. The van der Waals surface area contributed by atoms with Gasteiger partial charge in [0.05, 0.1) is 12.7 Å². The summed E-state index contributed by atoms with van der Waals surface area (Å²) in [5, 5.41) is 2.83. The van der Waals surface area contributed by atoms with E-state index >= 15 is 0 Å². The van der Waals surface area contributed by atoms with Crippen molar-refractivity contribution < 1.29 is 14.3 Å². The third kappa shape index (κ3) is 4.39. The van der Waals surface area contributed by atoms with E-state index in [1.807, 2.05) is 60.7 Å². The summed E-state index contributed by atoms with van der Waals surface area (Å²) in [6, 6.07) is 21.6. The van der Waals surface area contributed by atoms with Gasteiger partial charge in [-0.3, -0.25) is 9.78 Å². The van der Waals surface area contributed by atoms with Gasteiger partial charge in [0.1, 0.15) is 6.04 Å². The minimum Gasteiger partial charge on any atom is -0.467 e. The number of ether oxygens (including phenoxy) is 1. The molecule has 0 aliphatic carbocycles. The molecule has 5 nitrogen and oxygen atoms in total. The van der Waals surface area contributed by atoms with E-state index in [4.69, 9.17) is 4.74 Å². The summed E-state index contributed by atoms with van der Waals surface area (Å²) in [6.45, 7) is 0. The normalized spacial score (nSPS) is 11.6. The molecule has 0 fully saturated rings. The van der Waals surface area contributed by atoms with Gasteiger partial charge in [-0.1, -0.05) is 60.7 Å². The molecule has 2 aromatic carbocycles. The van der Waals surface area contributed by atoms with E-state index in [0.29, 0.717) is 5.56 Å². The van der Waals surface area contributed by atoms with Crippen molar-refractivity contribution in [2.45, 2.75) is 12.0 Å². The summed E-state index contributed by atoms with van der Waals surface area (Å²) < 4.78 is 5.00. The molecule has 0 aliphatic heterocycles. The smallest absolute Gasteiger partial charge is 0.329 e. The Labute approximate surface area is 158 Å². The Hall–Kier alpha value is -3.47. The van der Waals surface area contributed by atoms with Gasteiger partial charge in [0.25, 0.3) is 5.91 Å². The van der Waals surface area contributed by atoms with Crippen LogP contribution in [0, 0.1) is 0 Å². The lowest BCUT2D eigenvalue weighted by Gasteiger charge is -2.27. The van der Waals surface area contributed by atoms with E-state index in [0.717, 1.165) is 11.1 Å². The van der Waals surface area contributed by atoms with Crippen LogP contribution in [0.1, 0.15) is 27.4 Å². The lowest BCUT2D eigenvalue weighted by atomic mass is 9.85. The van der Waals surface area contributed by atoms with Crippen LogP contribution in [0.4, 0.5) is 0 Å². The molecule has 0 spiro atoms. The summed E-state index contributed by atoms with van der Waals surface area (Å²) in [7, 11) is 1.32. The fourth-order valence-corrected chi connectivity index (χ4v) is 3.03. The van der Waals surface area contributed by atoms with E-state index in [-0.39, 0.29) is 11.8 Å². The molecule has 3 aromatic rings. The Bertz CT molecular complexity index is 844. The van der Waals surface area contributed by atoms with Gasteiger partial charge in [-0.05, 0) is 23.3 Å². The van der Waals surface area contributed by atoms with Crippen LogP contribution in [0.15, 0.2) is 85.2 Å². The topological polar surface area (TPSA) is 68.3 Å². The SMILES string of the molecule is COC(=O)[C@H](NC(=O)c1cccnc1)C(c1ccccc1)c1ccccc1. The van der Waals surface area contributed by atoms with Gasteiger partial charge in [-0.15, -0.1) is 0 Å². The van der Waals surface area contributed by atoms with E-state index < -0.39 is 12.0 Å². The highest BCUT2D eigenvalue weighted by Crippen LogP contribution is 2.29. The molecule has 5 heteroatoms. The summed E-state index contributed by atoms with van der Waals surface area (Å²) in [5.74, 6) is -1.28. The molecule has 136 valence electrons. The zero-order valence-corrected chi connectivity index (χ0v) is 14.9. The van der Waals surface area contributed by atoms with E-state index in [2.05, 4.69) is 10.3 Å². The van der Waals surface area contributed by atoms with Crippen LogP contribution >= 0.6 is 0 Å². The highest BCUT2D eigenvalue weighted by Gasteiger charge is 2.33. The molecule has 0 saturated carbocycles. The number of rotatable bonds is 6. The number of nitrogens with one attached hydrogen (secondary N) is 1. The van der Waals surface area contributed by atoms with Crippen molar-refractivity contribution in [3.8, 4) is 0 Å². The Morgan fingerprint density at radius 2 is 1.48 bits per heavy atom. The largest absolute Gasteiger partial charge is 0.467 e. The summed E-state index contributed by atoms with van der Waals surface area (Å²) in [5.41, 5.74) is 2.20. The molecule has 0 aliphatic rings. The average molecular weight is 360 g/mol. The zero-order chi connectivity index (χ0) is 19.1. The van der Waals surface area contributed by atoms with Gasteiger partial charge in [-0.2, -0.15) is 0 Å². The predicted octanol–water partition coefficient (Wildman–Crippen LogP) is 3.19. The number of benzene rings is 2. The first-order valence-electron chi connectivity index (χ1n) is 8.59. The van der Waals surface area contributed by atoms with Gasteiger partial charge < -0.3 is 10.1 Å². The second-order valence-corrected chi connectivity index (χ2v) is 6.02. The lowest BCUT2D eigenvalue weighted by molar-refractivity contribution is -0.143. The van der Waals surface area contributed by atoms with Crippen molar-refractivity contribution in [2.75, 3.05) is 7.11 Å². The minimum absolute atomic E-state index is 0.379. The van der Waals surface area contributed by atoms with Crippen LogP contribution in [0.5, 0.6) is 0 Å². The van der Waals surface area contributed by atoms with Gasteiger partial charge >= 0.3 is 5.97 Å². The van der Waals surface area contributed by atoms with Crippen molar-refractivity contribution in [1.82, 2.24) is 10.3 Å². The third-order valence-electron chi connectivity index (χ3n) is 4.32. The Morgan fingerprint density at radius 1 is 0.889 bits per heavy atom. The van der Waals surface area contributed by atoms with Crippen molar-refractivity contribution in [1.29, 1.82) is 0 Å². The van der Waals surface area contributed by atoms with Crippen LogP contribution in [0.25, 0.3) is 0 Å². The molecule has 0 unspecified atom stereocenters. The molecule has 1 aromatic heterocycles. The summed E-state index contributed by atoms with van der Waals surface area (Å²) in [4.78, 5) is 29.3. The fourth-order valence-electron chi connectivity index (χ4n) is 3.03. The first-order chi connectivity index (χ1) is 13.2. The lowest BCUT2D eigenvalue weighted by Crippen LogP contribution is -2.46. The average Bonchev–Trinajstić information content (AvgIpc) is 2.74. The number of hydrogen-bond donors (Lipinski definition) is 1. The monoisotopic (exact) mass is 360 g/mol. The molecular weight excluding hydrogens is 340 g/mol. The van der Waals surface area contributed by atoms with Crippen molar-refractivity contribution in [3.63, 3.8) is 0 Å². The second kappa shape index (κ2) is 8.76. The third-order valence-corrected chi connectivity index (χ3v) is 4.32. The number of hydrogen-bond acceptors (Lipinski definition) is 4. The van der Waals surface area contributed by atoms with Crippen LogP contribution in [-0.4, -0.2) is 30.0 Å². The number of amides is 1. The number of esters is 1. The number of carbonyl (C=O) groups is 2. The van der Waals surface area contributed by atoms with Gasteiger partial charge in [0, 0.05) is 18.3 Å². The van der Waals surface area contributed by atoms with E-state index in [9.17, 15) is 9.59 Å². The molecular formula is C22H20N2O3. The molecule has 3 rings (SSSR count). The maximum Gasteiger partial charge on any atom is 0.329 e. The number of methoxy groups -OCH3 is 1. The van der Waals surface area contributed by atoms with Gasteiger partial charge in [0.2, 0.25) is 0 Å². The van der Waals surface area contributed by atoms with Gasteiger partial charge in [0.15, 0.2) is 0 Å². The molecule has 0 bridgehead atoms. The van der Waals surface area contributed by atoms with Crippen molar-refractivity contribution in [3.05, 3.63) is 102 Å². The molecule has 1 heterocycles. The number of carbonyl (C=O) groups excluding carboxylic acids is 2. The standard InChI is InChI=1S/C22H20N2O3/c1-27-22(26)20(24-21(25)18-13-8-14-23-15-18)19(16-9-4-2-5-10-16)17-11-6-3-7-12-17/h2-15,19-20H,1H3,(H,24,25)/t20-/m1/s1. The molecule has 27 heavy (non-hydrogen) atoms. The molecule has 1 N–H and O–H groups in total. The van der Waals surface area contributed by atoms with E-state index in [1.54, 1.807) is 18.3 Å². The van der Waals surface area contributed by atoms with Crippen LogP contribution in [0.3, 0.4) is 0 Å². The maximum atomic E-state index is 12.7.